The second-order valence-corrected chi connectivity index (χ2v) is 8.15. The molecular weight excluding hydrogens is 456 g/mol. The van der Waals surface area contributed by atoms with Gasteiger partial charge in [-0.15, -0.1) is 10.2 Å². The van der Waals surface area contributed by atoms with Gasteiger partial charge in [0.05, 0.1) is 41.4 Å². The Hall–Kier alpha value is -3.85. The Morgan fingerprint density at radius 1 is 1.19 bits per heavy atom. The average molecular weight is 471 g/mol. The largest absolute Gasteiger partial charge is 0.472 e. The maximum atomic E-state index is 11.2. The Balaban J connectivity index is 1.72. The van der Waals surface area contributed by atoms with Crippen molar-refractivity contribution in [1.82, 2.24) is 14.9 Å². The monoisotopic (exact) mass is 470 g/mol. The van der Waals surface area contributed by atoms with Crippen LogP contribution in [0.4, 0.5) is 5.69 Å². The summed E-state index contributed by atoms with van der Waals surface area (Å²) in [6.45, 7) is 0.310. The van der Waals surface area contributed by atoms with Crippen LogP contribution < -0.4 is 14.3 Å². The first kappa shape index (κ1) is 21.4. The molecule has 0 fully saturated rings. The van der Waals surface area contributed by atoms with Crippen molar-refractivity contribution >= 4 is 27.6 Å². The molecule has 0 atom stereocenters. The van der Waals surface area contributed by atoms with Crippen molar-refractivity contribution in [2.45, 2.75) is 6.54 Å². The van der Waals surface area contributed by atoms with E-state index >= 15 is 0 Å². The lowest BCUT2D eigenvalue weighted by molar-refractivity contribution is 0.487. The van der Waals surface area contributed by atoms with Crippen LogP contribution in [0.5, 0.6) is 5.75 Å². The van der Waals surface area contributed by atoms with Crippen molar-refractivity contribution in [3.63, 3.8) is 0 Å². The van der Waals surface area contributed by atoms with Gasteiger partial charge in [0.15, 0.2) is 5.75 Å². The van der Waals surface area contributed by atoms with Gasteiger partial charge in [0.25, 0.3) is 0 Å². The van der Waals surface area contributed by atoms with Crippen LogP contribution in [0.15, 0.2) is 72.1 Å². The molecule has 0 aliphatic carbocycles. The first-order valence-electron chi connectivity index (χ1n) is 9.04. The zero-order chi connectivity index (χ0) is 22.7. The molecule has 0 spiro atoms. The molecule has 0 bridgehead atoms. The summed E-state index contributed by atoms with van der Waals surface area (Å²) in [4.78, 5) is 0. The zero-order valence-corrected chi connectivity index (χ0v) is 17.9. The molecule has 0 amide bonds. The second kappa shape index (κ2) is 8.72. The number of anilines is 1. The summed E-state index contributed by atoms with van der Waals surface area (Å²) < 4.78 is 33.9. The van der Waals surface area contributed by atoms with Gasteiger partial charge in [-0.05, 0) is 42.0 Å². The van der Waals surface area contributed by atoms with Gasteiger partial charge in [-0.1, -0.05) is 17.7 Å². The van der Waals surface area contributed by atoms with E-state index in [4.69, 9.17) is 21.2 Å². The Morgan fingerprint density at radius 2 is 1.97 bits per heavy atom. The summed E-state index contributed by atoms with van der Waals surface area (Å²) in [5, 5.41) is 24.1. The van der Waals surface area contributed by atoms with Crippen LogP contribution in [-0.2, 0) is 16.8 Å². The molecule has 0 saturated carbocycles. The predicted octanol–water partition coefficient (Wildman–Crippen LogP) is 3.12. The van der Waals surface area contributed by atoms with Crippen LogP contribution in [0.3, 0.4) is 0 Å². The first-order chi connectivity index (χ1) is 15.3. The van der Waals surface area contributed by atoms with Crippen LogP contribution >= 0.6 is 11.6 Å². The highest BCUT2D eigenvalue weighted by molar-refractivity contribution is 7.84. The molecule has 2 aromatic carbocycles. The smallest absolute Gasteiger partial charge is 0.380 e. The lowest BCUT2D eigenvalue weighted by Gasteiger charge is -2.26. The number of rotatable bonds is 7. The summed E-state index contributed by atoms with van der Waals surface area (Å²) in [5.74, 6) is -0.0746. The van der Waals surface area contributed by atoms with Crippen molar-refractivity contribution in [1.29, 1.82) is 5.26 Å². The minimum absolute atomic E-state index is 0.0746. The fraction of sp³-hybridized carbons (Fsp3) is 0.0500. The van der Waals surface area contributed by atoms with Gasteiger partial charge >= 0.3 is 10.3 Å². The third-order valence-corrected chi connectivity index (χ3v) is 5.18. The van der Waals surface area contributed by atoms with E-state index in [-0.39, 0.29) is 10.8 Å². The van der Waals surface area contributed by atoms with Gasteiger partial charge in [-0.25, -0.2) is 4.68 Å². The fourth-order valence-electron chi connectivity index (χ4n) is 3.08. The summed E-state index contributed by atoms with van der Waals surface area (Å²) in [6, 6.07) is 14.0. The molecule has 4 aromatic rings. The average Bonchev–Trinajstić information content (AvgIpc) is 3.47. The molecule has 0 aliphatic heterocycles. The fourth-order valence-corrected chi connectivity index (χ4v) is 3.76. The van der Waals surface area contributed by atoms with E-state index in [1.165, 1.54) is 25.0 Å². The highest BCUT2D eigenvalue weighted by Gasteiger charge is 2.16. The number of nitrogens with two attached hydrogens (primary N) is 1. The molecule has 0 aliphatic rings. The SMILES string of the molecule is N#Cc1ccc(N(Cc2ccc(OS(N)(=O)=O)c(Cl)c2)n2cnnc2)cc1-c1ccoc1. The lowest BCUT2D eigenvalue weighted by atomic mass is 10.0. The summed E-state index contributed by atoms with van der Waals surface area (Å²) >= 11 is 6.18. The summed E-state index contributed by atoms with van der Waals surface area (Å²) in [6.07, 6.45) is 6.15. The Bertz CT molecular complexity index is 1380. The molecule has 162 valence electrons. The van der Waals surface area contributed by atoms with Gasteiger partial charge in [-0.3, -0.25) is 5.01 Å². The van der Waals surface area contributed by atoms with E-state index in [0.717, 1.165) is 16.8 Å². The molecule has 0 saturated heterocycles. The van der Waals surface area contributed by atoms with Crippen molar-refractivity contribution in [2.75, 3.05) is 5.01 Å². The number of nitrogens with zero attached hydrogens (tertiary/aromatic N) is 5. The van der Waals surface area contributed by atoms with Crippen LogP contribution in [-0.4, -0.2) is 23.3 Å². The number of hydrogen-bond donors (Lipinski definition) is 1. The van der Waals surface area contributed by atoms with Crippen LogP contribution in [0, 0.1) is 11.3 Å². The van der Waals surface area contributed by atoms with E-state index in [9.17, 15) is 13.7 Å². The van der Waals surface area contributed by atoms with Crippen molar-refractivity contribution in [3.05, 3.63) is 83.8 Å². The molecule has 4 rings (SSSR count). The molecule has 12 heteroatoms. The molecule has 0 radical (unpaired) electrons. The number of aromatic nitrogens is 3. The van der Waals surface area contributed by atoms with Crippen LogP contribution in [0.1, 0.15) is 11.1 Å². The van der Waals surface area contributed by atoms with Gasteiger partial charge in [0.1, 0.15) is 12.7 Å². The predicted molar refractivity (Wildman–Crippen MR) is 116 cm³/mol. The first-order valence-corrected chi connectivity index (χ1v) is 10.9. The van der Waals surface area contributed by atoms with Crippen LogP contribution in [0.2, 0.25) is 5.02 Å². The molecule has 10 nitrogen and oxygen atoms in total. The Morgan fingerprint density at radius 3 is 2.59 bits per heavy atom. The van der Waals surface area contributed by atoms with Gasteiger partial charge < -0.3 is 8.60 Å². The quantitative estimate of drug-likeness (QED) is 0.434. The van der Waals surface area contributed by atoms with E-state index in [1.54, 1.807) is 41.3 Å². The minimum Gasteiger partial charge on any atom is -0.472 e. The third-order valence-electron chi connectivity index (χ3n) is 4.47. The molecular formula is C20H15ClN6O4S. The van der Waals surface area contributed by atoms with Crippen LogP contribution in [0.25, 0.3) is 11.1 Å². The van der Waals surface area contributed by atoms with Crippen molar-refractivity contribution in [2.24, 2.45) is 5.14 Å². The topological polar surface area (TPSA) is 140 Å². The van der Waals surface area contributed by atoms with Gasteiger partial charge in [-0.2, -0.15) is 18.8 Å². The number of hydrogen-bond acceptors (Lipinski definition) is 8. The van der Waals surface area contributed by atoms with Gasteiger partial charge in [0.2, 0.25) is 0 Å². The molecule has 2 heterocycles. The normalized spacial score (nSPS) is 11.2. The number of halogens is 1. The van der Waals surface area contributed by atoms with Crippen molar-refractivity contribution in [3.8, 4) is 22.9 Å². The van der Waals surface area contributed by atoms with E-state index in [1.807, 2.05) is 11.1 Å². The standard InChI is InChI=1S/C20H15ClN6O4S/c21-19-7-14(1-4-20(19)31-32(23,28)29)10-27(26-12-24-25-13-26)17-3-2-15(9-22)18(8-17)16-5-6-30-11-16/h1-8,11-13H,10H2,(H2,23,28,29). The van der Waals surface area contributed by atoms with E-state index in [2.05, 4.69) is 20.4 Å². The Kier molecular flexibility index (Phi) is 5.83. The highest BCUT2D eigenvalue weighted by Crippen LogP contribution is 2.31. The summed E-state index contributed by atoms with van der Waals surface area (Å²) in [7, 11) is -4.20. The molecule has 2 N–H and O–H groups in total. The van der Waals surface area contributed by atoms with E-state index in [0.29, 0.717) is 17.7 Å². The number of furan rings is 1. The minimum atomic E-state index is -4.20. The highest BCUT2D eigenvalue weighted by atomic mass is 35.5. The summed E-state index contributed by atoms with van der Waals surface area (Å²) in [5.41, 5.74) is 3.43. The third kappa shape index (κ3) is 4.73. The molecule has 32 heavy (non-hydrogen) atoms. The Labute approximate surface area is 188 Å². The maximum absolute atomic E-state index is 11.2. The lowest BCUT2D eigenvalue weighted by Crippen LogP contribution is -2.28. The maximum Gasteiger partial charge on any atom is 0.380 e. The second-order valence-electron chi connectivity index (χ2n) is 6.59. The number of nitriles is 1. The van der Waals surface area contributed by atoms with Crippen molar-refractivity contribution < 1.29 is 17.0 Å². The molecule has 2 aromatic heterocycles. The zero-order valence-electron chi connectivity index (χ0n) is 16.3. The molecule has 0 unspecified atom stereocenters. The van der Waals surface area contributed by atoms with E-state index < -0.39 is 10.3 Å². The number of benzene rings is 2. The van der Waals surface area contributed by atoms with Gasteiger partial charge in [0, 0.05) is 11.1 Å².